The van der Waals surface area contributed by atoms with Crippen LogP contribution in [-0.4, -0.2) is 28.8 Å². The molecule has 4 heteroatoms. The number of benzene rings is 2. The molecule has 2 aromatic carbocycles. The van der Waals surface area contributed by atoms with Gasteiger partial charge in [0, 0.05) is 19.0 Å². The summed E-state index contributed by atoms with van der Waals surface area (Å²) in [6.45, 7) is 10.5. The lowest BCUT2D eigenvalue weighted by Gasteiger charge is -2.31. The van der Waals surface area contributed by atoms with Crippen LogP contribution in [0.5, 0.6) is 0 Å². The number of rotatable bonds is 10. The van der Waals surface area contributed by atoms with Crippen LogP contribution < -0.4 is 5.32 Å². The van der Waals surface area contributed by atoms with Crippen molar-refractivity contribution in [2.45, 2.75) is 78.9 Å². The van der Waals surface area contributed by atoms with Gasteiger partial charge in [0.15, 0.2) is 0 Å². The summed E-state index contributed by atoms with van der Waals surface area (Å²) in [4.78, 5) is 27.8. The van der Waals surface area contributed by atoms with Gasteiger partial charge >= 0.3 is 0 Å². The van der Waals surface area contributed by atoms with Crippen LogP contribution in [0.3, 0.4) is 0 Å². The van der Waals surface area contributed by atoms with E-state index in [0.29, 0.717) is 25.8 Å². The largest absolute Gasteiger partial charge is 0.352 e. The normalized spacial score (nSPS) is 11.9. The van der Waals surface area contributed by atoms with Crippen LogP contribution in [0, 0.1) is 6.92 Å². The predicted molar refractivity (Wildman–Crippen MR) is 123 cm³/mol. The standard InChI is InChI=1S/C26H36N2O2/c1-6-21-12-14-22(15-13-21)16-17-25(29)28(18-23-10-8-20(5)9-11-23)24(7-2)26(30)27-19(3)4/h8-15,19,24H,6-7,16-18H2,1-5H3,(H,27,30)/t24-/m0/s1. The molecular weight excluding hydrogens is 372 g/mol. The molecule has 0 aliphatic carbocycles. The Morgan fingerprint density at radius 1 is 0.900 bits per heavy atom. The van der Waals surface area contributed by atoms with Gasteiger partial charge < -0.3 is 10.2 Å². The van der Waals surface area contributed by atoms with Gasteiger partial charge in [-0.05, 0) is 56.7 Å². The summed E-state index contributed by atoms with van der Waals surface area (Å²) in [6, 6.07) is 16.2. The zero-order chi connectivity index (χ0) is 22.1. The van der Waals surface area contributed by atoms with Gasteiger partial charge in [0.2, 0.25) is 11.8 Å². The van der Waals surface area contributed by atoms with Crippen molar-refractivity contribution < 1.29 is 9.59 Å². The van der Waals surface area contributed by atoms with Gasteiger partial charge in [-0.15, -0.1) is 0 Å². The molecule has 2 amide bonds. The van der Waals surface area contributed by atoms with Crippen molar-refractivity contribution in [1.82, 2.24) is 10.2 Å². The summed E-state index contributed by atoms with van der Waals surface area (Å²) in [5.41, 5.74) is 4.66. The van der Waals surface area contributed by atoms with Crippen LogP contribution in [0.2, 0.25) is 0 Å². The average Bonchev–Trinajstić information content (AvgIpc) is 2.73. The van der Waals surface area contributed by atoms with Crippen molar-refractivity contribution in [2.75, 3.05) is 0 Å². The van der Waals surface area contributed by atoms with Gasteiger partial charge in [0.1, 0.15) is 6.04 Å². The fraction of sp³-hybridized carbons (Fsp3) is 0.462. The van der Waals surface area contributed by atoms with Gasteiger partial charge in [-0.3, -0.25) is 9.59 Å². The summed E-state index contributed by atoms with van der Waals surface area (Å²) in [6.07, 6.45) is 2.66. The molecule has 30 heavy (non-hydrogen) atoms. The minimum absolute atomic E-state index is 0.0147. The Morgan fingerprint density at radius 2 is 1.47 bits per heavy atom. The number of nitrogens with zero attached hydrogens (tertiary/aromatic N) is 1. The second kappa shape index (κ2) is 11.5. The molecule has 0 saturated carbocycles. The first-order valence-corrected chi connectivity index (χ1v) is 11.1. The van der Waals surface area contributed by atoms with E-state index in [9.17, 15) is 9.59 Å². The zero-order valence-electron chi connectivity index (χ0n) is 19.1. The lowest BCUT2D eigenvalue weighted by molar-refractivity contribution is -0.141. The lowest BCUT2D eigenvalue weighted by atomic mass is 10.0. The van der Waals surface area contributed by atoms with Gasteiger partial charge in [0.25, 0.3) is 0 Å². The summed E-state index contributed by atoms with van der Waals surface area (Å²) >= 11 is 0. The number of nitrogens with one attached hydrogen (secondary N) is 1. The Hall–Kier alpha value is -2.62. The van der Waals surface area contributed by atoms with Crippen molar-refractivity contribution in [2.24, 2.45) is 0 Å². The number of hydrogen-bond donors (Lipinski definition) is 1. The van der Waals surface area contributed by atoms with E-state index in [1.807, 2.05) is 52.0 Å². The van der Waals surface area contributed by atoms with Crippen molar-refractivity contribution in [1.29, 1.82) is 0 Å². The van der Waals surface area contributed by atoms with Crippen LogP contribution >= 0.6 is 0 Å². The lowest BCUT2D eigenvalue weighted by Crippen LogP contribution is -2.50. The molecule has 0 unspecified atom stereocenters. The first-order chi connectivity index (χ1) is 14.3. The molecule has 2 rings (SSSR count). The van der Waals surface area contributed by atoms with Crippen LogP contribution in [0.25, 0.3) is 0 Å². The van der Waals surface area contributed by atoms with Crippen LogP contribution in [0.4, 0.5) is 0 Å². The van der Waals surface area contributed by atoms with E-state index in [-0.39, 0.29) is 17.9 Å². The highest BCUT2D eigenvalue weighted by molar-refractivity contribution is 5.87. The first kappa shape index (κ1) is 23.7. The van der Waals surface area contributed by atoms with E-state index in [2.05, 4.69) is 36.5 Å². The predicted octanol–water partition coefficient (Wildman–Crippen LogP) is 4.82. The maximum atomic E-state index is 13.2. The number of carbonyl (C=O) groups is 2. The summed E-state index contributed by atoms with van der Waals surface area (Å²) in [5.74, 6) is -0.0684. The van der Waals surface area contributed by atoms with Crippen molar-refractivity contribution in [3.05, 3.63) is 70.8 Å². The Balaban J connectivity index is 2.17. The van der Waals surface area contributed by atoms with E-state index in [1.165, 1.54) is 11.1 Å². The van der Waals surface area contributed by atoms with Crippen LogP contribution in [-0.2, 0) is 29.0 Å². The summed E-state index contributed by atoms with van der Waals surface area (Å²) in [5, 5.41) is 2.98. The van der Waals surface area contributed by atoms with Crippen molar-refractivity contribution in [3.8, 4) is 0 Å². The number of amides is 2. The molecule has 0 spiro atoms. The highest BCUT2D eigenvalue weighted by Gasteiger charge is 2.28. The van der Waals surface area contributed by atoms with E-state index >= 15 is 0 Å². The summed E-state index contributed by atoms with van der Waals surface area (Å²) in [7, 11) is 0. The van der Waals surface area contributed by atoms with E-state index in [0.717, 1.165) is 17.5 Å². The second-order valence-electron chi connectivity index (χ2n) is 8.26. The molecule has 0 aliphatic heterocycles. The maximum absolute atomic E-state index is 13.2. The molecule has 162 valence electrons. The van der Waals surface area contributed by atoms with E-state index in [1.54, 1.807) is 4.90 Å². The molecule has 4 nitrogen and oxygen atoms in total. The Labute approximate surface area is 181 Å². The van der Waals surface area contributed by atoms with Gasteiger partial charge in [-0.1, -0.05) is 67.9 Å². The molecule has 1 atom stereocenters. The molecule has 0 saturated heterocycles. The topological polar surface area (TPSA) is 49.4 Å². The van der Waals surface area contributed by atoms with Gasteiger partial charge in [0.05, 0.1) is 0 Å². The molecule has 1 N–H and O–H groups in total. The van der Waals surface area contributed by atoms with Crippen molar-refractivity contribution >= 4 is 11.8 Å². The average molecular weight is 409 g/mol. The van der Waals surface area contributed by atoms with Crippen LogP contribution in [0.15, 0.2) is 48.5 Å². The number of hydrogen-bond acceptors (Lipinski definition) is 2. The number of aryl methyl sites for hydroxylation is 3. The molecule has 0 bridgehead atoms. The number of carbonyl (C=O) groups excluding carboxylic acids is 2. The summed E-state index contributed by atoms with van der Waals surface area (Å²) < 4.78 is 0. The van der Waals surface area contributed by atoms with Crippen molar-refractivity contribution in [3.63, 3.8) is 0 Å². The molecule has 0 fully saturated rings. The van der Waals surface area contributed by atoms with Gasteiger partial charge in [-0.2, -0.15) is 0 Å². The molecule has 2 aromatic rings. The molecule has 0 heterocycles. The third-order valence-electron chi connectivity index (χ3n) is 5.35. The smallest absolute Gasteiger partial charge is 0.243 e. The quantitative estimate of drug-likeness (QED) is 0.613. The zero-order valence-corrected chi connectivity index (χ0v) is 19.1. The second-order valence-corrected chi connectivity index (χ2v) is 8.26. The first-order valence-electron chi connectivity index (χ1n) is 11.1. The van der Waals surface area contributed by atoms with Crippen LogP contribution in [0.1, 0.15) is 62.8 Å². The minimum Gasteiger partial charge on any atom is -0.352 e. The maximum Gasteiger partial charge on any atom is 0.243 e. The van der Waals surface area contributed by atoms with E-state index in [4.69, 9.17) is 0 Å². The highest BCUT2D eigenvalue weighted by Crippen LogP contribution is 2.16. The molecule has 0 aliphatic rings. The van der Waals surface area contributed by atoms with Gasteiger partial charge in [-0.25, -0.2) is 0 Å². The fourth-order valence-corrected chi connectivity index (χ4v) is 3.53. The molecular formula is C26H36N2O2. The minimum atomic E-state index is -0.469. The monoisotopic (exact) mass is 408 g/mol. The third kappa shape index (κ3) is 7.01. The SMILES string of the molecule is CCc1ccc(CCC(=O)N(Cc2ccc(C)cc2)[C@@H](CC)C(=O)NC(C)C)cc1. The third-order valence-corrected chi connectivity index (χ3v) is 5.35. The Bertz CT molecular complexity index is 810. The fourth-order valence-electron chi connectivity index (χ4n) is 3.53. The highest BCUT2D eigenvalue weighted by atomic mass is 16.2. The molecule has 0 radical (unpaired) electrons. The Morgan fingerprint density at radius 3 is 2.00 bits per heavy atom. The molecule has 0 aromatic heterocycles. The van der Waals surface area contributed by atoms with E-state index < -0.39 is 6.04 Å². The Kier molecular flexibility index (Phi) is 9.10.